The van der Waals surface area contributed by atoms with Gasteiger partial charge in [0.1, 0.15) is 11.6 Å². The molecule has 15 heavy (non-hydrogen) atoms. The lowest BCUT2D eigenvalue weighted by Gasteiger charge is -2.18. The van der Waals surface area contributed by atoms with E-state index in [2.05, 4.69) is 0 Å². The van der Waals surface area contributed by atoms with Gasteiger partial charge in [-0.1, -0.05) is 0 Å². The highest BCUT2D eigenvalue weighted by molar-refractivity contribution is 5.40. The molecule has 3 N–H and O–H groups in total. The molecule has 0 saturated carbocycles. The van der Waals surface area contributed by atoms with Gasteiger partial charge < -0.3 is 15.6 Å². The monoisotopic (exact) mass is 213 g/mol. The Bertz CT molecular complexity index is 353. The Hall–Kier alpha value is -1.13. The second-order valence-corrected chi connectivity index (χ2v) is 3.65. The predicted octanol–water partition coefficient (Wildman–Crippen LogP) is 1.52. The molecular weight excluding hydrogens is 197 g/mol. The second-order valence-electron chi connectivity index (χ2n) is 3.65. The minimum Gasteiger partial charge on any atom is -0.496 e. The zero-order chi connectivity index (χ0) is 11.6. The number of aliphatic hydroxyl groups excluding tert-OH is 1. The third kappa shape index (κ3) is 2.46. The first kappa shape index (κ1) is 11.9. The Morgan fingerprint density at radius 1 is 1.47 bits per heavy atom. The van der Waals surface area contributed by atoms with E-state index in [4.69, 9.17) is 10.5 Å². The Balaban J connectivity index is 3.21. The van der Waals surface area contributed by atoms with E-state index in [1.807, 2.05) is 0 Å². The highest BCUT2D eigenvalue weighted by Crippen LogP contribution is 2.29. The van der Waals surface area contributed by atoms with Crippen molar-refractivity contribution in [3.63, 3.8) is 0 Å². The van der Waals surface area contributed by atoms with Crippen LogP contribution in [0.15, 0.2) is 12.1 Å². The molecule has 0 aliphatic heterocycles. The van der Waals surface area contributed by atoms with Crippen LogP contribution >= 0.6 is 0 Å². The molecule has 0 bridgehead atoms. The molecule has 4 heteroatoms. The largest absolute Gasteiger partial charge is 0.496 e. The minimum atomic E-state index is -0.921. The number of nitrogens with two attached hydrogens (primary N) is 1. The zero-order valence-corrected chi connectivity index (χ0v) is 9.12. The summed E-state index contributed by atoms with van der Waals surface area (Å²) in [6, 6.07) is 2.35. The Labute approximate surface area is 88.7 Å². The van der Waals surface area contributed by atoms with E-state index < -0.39 is 12.1 Å². The van der Waals surface area contributed by atoms with Crippen molar-refractivity contribution in [1.82, 2.24) is 0 Å². The molecule has 84 valence electrons. The number of aliphatic hydroxyl groups is 1. The van der Waals surface area contributed by atoms with E-state index in [-0.39, 0.29) is 5.82 Å². The summed E-state index contributed by atoms with van der Waals surface area (Å²) in [5.41, 5.74) is 6.42. The summed E-state index contributed by atoms with van der Waals surface area (Å²) in [4.78, 5) is 0. The van der Waals surface area contributed by atoms with E-state index in [0.29, 0.717) is 16.9 Å². The van der Waals surface area contributed by atoms with Crippen molar-refractivity contribution >= 4 is 0 Å². The van der Waals surface area contributed by atoms with Gasteiger partial charge in [0.2, 0.25) is 0 Å². The summed E-state index contributed by atoms with van der Waals surface area (Å²) < 4.78 is 18.4. The number of benzene rings is 1. The molecule has 0 radical (unpaired) electrons. The van der Waals surface area contributed by atoms with Crippen molar-refractivity contribution in [2.24, 2.45) is 5.73 Å². The molecule has 3 nitrogen and oxygen atoms in total. The molecule has 0 aromatic heterocycles. The summed E-state index contributed by atoms with van der Waals surface area (Å²) in [6.45, 7) is 3.29. The maximum Gasteiger partial charge on any atom is 0.126 e. The Kier molecular flexibility index (Phi) is 3.66. The van der Waals surface area contributed by atoms with Crippen LogP contribution in [0.3, 0.4) is 0 Å². The van der Waals surface area contributed by atoms with Crippen LogP contribution in [0, 0.1) is 12.7 Å². The van der Waals surface area contributed by atoms with Crippen molar-refractivity contribution in [2.75, 3.05) is 7.11 Å². The molecule has 0 saturated heterocycles. The smallest absolute Gasteiger partial charge is 0.126 e. The molecular formula is C11H16FNO2. The van der Waals surface area contributed by atoms with Gasteiger partial charge >= 0.3 is 0 Å². The van der Waals surface area contributed by atoms with E-state index in [1.165, 1.54) is 13.2 Å². The third-order valence-electron chi connectivity index (χ3n) is 2.33. The van der Waals surface area contributed by atoms with Gasteiger partial charge in [0.15, 0.2) is 0 Å². The number of hydrogen-bond acceptors (Lipinski definition) is 3. The van der Waals surface area contributed by atoms with Crippen LogP contribution in [-0.2, 0) is 0 Å². The van der Waals surface area contributed by atoms with Crippen LogP contribution in [0.1, 0.15) is 24.2 Å². The molecule has 1 aromatic rings. The number of hydrogen-bond donors (Lipinski definition) is 2. The Morgan fingerprint density at radius 3 is 2.53 bits per heavy atom. The average molecular weight is 213 g/mol. The maximum atomic E-state index is 13.3. The quantitative estimate of drug-likeness (QED) is 0.800. The first-order valence-electron chi connectivity index (χ1n) is 4.75. The summed E-state index contributed by atoms with van der Waals surface area (Å²) in [5.74, 6) is 0.0872. The minimum absolute atomic E-state index is 0.370. The van der Waals surface area contributed by atoms with Crippen LogP contribution in [0.25, 0.3) is 0 Å². The van der Waals surface area contributed by atoms with Crippen molar-refractivity contribution in [3.8, 4) is 5.75 Å². The lowest BCUT2D eigenvalue weighted by Crippen LogP contribution is -2.25. The molecule has 0 aliphatic rings. The molecule has 0 aliphatic carbocycles. The van der Waals surface area contributed by atoms with E-state index >= 15 is 0 Å². The molecule has 0 amide bonds. The first-order chi connectivity index (χ1) is 6.97. The van der Waals surface area contributed by atoms with E-state index in [1.54, 1.807) is 19.9 Å². The van der Waals surface area contributed by atoms with Gasteiger partial charge in [-0.3, -0.25) is 0 Å². The van der Waals surface area contributed by atoms with Crippen LogP contribution in [0.5, 0.6) is 5.75 Å². The molecule has 1 rings (SSSR count). The van der Waals surface area contributed by atoms with Crippen LogP contribution in [-0.4, -0.2) is 18.3 Å². The third-order valence-corrected chi connectivity index (χ3v) is 2.33. The number of halogens is 1. The van der Waals surface area contributed by atoms with Crippen molar-refractivity contribution in [1.29, 1.82) is 0 Å². The molecule has 0 fully saturated rings. The summed E-state index contributed by atoms with van der Waals surface area (Å²) in [7, 11) is 1.48. The van der Waals surface area contributed by atoms with Gasteiger partial charge in [0.05, 0.1) is 13.2 Å². The standard InChI is InChI=1S/C11H16FNO2/c1-6-4-10(15-3)8(5-9(6)12)11(14)7(2)13/h4-5,7,11,14H,13H2,1-3H3. The van der Waals surface area contributed by atoms with Crippen LogP contribution in [0.4, 0.5) is 4.39 Å². The van der Waals surface area contributed by atoms with Gasteiger partial charge in [-0.15, -0.1) is 0 Å². The highest BCUT2D eigenvalue weighted by atomic mass is 19.1. The van der Waals surface area contributed by atoms with E-state index in [0.717, 1.165) is 0 Å². The van der Waals surface area contributed by atoms with Gasteiger partial charge in [0, 0.05) is 11.6 Å². The fourth-order valence-corrected chi connectivity index (χ4v) is 1.36. The van der Waals surface area contributed by atoms with Gasteiger partial charge in [0.25, 0.3) is 0 Å². The summed E-state index contributed by atoms with van der Waals surface area (Å²) in [6.07, 6.45) is -0.921. The molecule has 1 aromatic carbocycles. The van der Waals surface area contributed by atoms with Gasteiger partial charge in [-0.2, -0.15) is 0 Å². The molecule has 0 spiro atoms. The first-order valence-corrected chi connectivity index (χ1v) is 4.75. The second kappa shape index (κ2) is 4.59. The number of methoxy groups -OCH3 is 1. The summed E-state index contributed by atoms with van der Waals surface area (Å²) >= 11 is 0. The fourth-order valence-electron chi connectivity index (χ4n) is 1.36. The number of ether oxygens (including phenoxy) is 1. The Morgan fingerprint density at radius 2 is 2.07 bits per heavy atom. The van der Waals surface area contributed by atoms with Gasteiger partial charge in [-0.25, -0.2) is 4.39 Å². The number of rotatable bonds is 3. The van der Waals surface area contributed by atoms with Gasteiger partial charge in [-0.05, 0) is 31.5 Å². The average Bonchev–Trinajstić information content (AvgIpc) is 2.20. The number of aryl methyl sites for hydroxylation is 1. The van der Waals surface area contributed by atoms with Crippen molar-refractivity contribution in [2.45, 2.75) is 26.0 Å². The normalized spacial score (nSPS) is 14.8. The fraction of sp³-hybridized carbons (Fsp3) is 0.455. The lowest BCUT2D eigenvalue weighted by molar-refractivity contribution is 0.149. The zero-order valence-electron chi connectivity index (χ0n) is 9.12. The topological polar surface area (TPSA) is 55.5 Å². The lowest BCUT2D eigenvalue weighted by atomic mass is 10.0. The van der Waals surface area contributed by atoms with Crippen molar-refractivity contribution in [3.05, 3.63) is 29.1 Å². The predicted molar refractivity (Wildman–Crippen MR) is 56.3 cm³/mol. The molecule has 0 heterocycles. The molecule has 2 atom stereocenters. The van der Waals surface area contributed by atoms with E-state index in [9.17, 15) is 9.50 Å². The van der Waals surface area contributed by atoms with Crippen LogP contribution in [0.2, 0.25) is 0 Å². The summed E-state index contributed by atoms with van der Waals surface area (Å²) in [5, 5.41) is 9.75. The SMILES string of the molecule is COc1cc(C)c(F)cc1C(O)C(C)N. The van der Waals surface area contributed by atoms with Crippen molar-refractivity contribution < 1.29 is 14.2 Å². The highest BCUT2D eigenvalue weighted by Gasteiger charge is 2.18. The maximum absolute atomic E-state index is 13.3. The van der Waals surface area contributed by atoms with Crippen LogP contribution < -0.4 is 10.5 Å². The molecule has 2 unspecified atom stereocenters.